The SMILES string of the molecule is C=C1C[C@@]23C=CC(=O)[C@@](C)(CCC(=O)OC)C2C[C@@H]1CC3. The van der Waals surface area contributed by atoms with Gasteiger partial charge in [-0.3, -0.25) is 9.59 Å². The van der Waals surface area contributed by atoms with E-state index in [0.29, 0.717) is 24.7 Å². The molecule has 2 bridgehead atoms. The highest BCUT2D eigenvalue weighted by molar-refractivity contribution is 5.96. The molecule has 4 rings (SSSR count). The highest BCUT2D eigenvalue weighted by atomic mass is 16.5. The summed E-state index contributed by atoms with van der Waals surface area (Å²) in [7, 11) is 1.40. The Bertz CT molecular complexity index is 533. The van der Waals surface area contributed by atoms with Gasteiger partial charge in [0.2, 0.25) is 0 Å². The van der Waals surface area contributed by atoms with Gasteiger partial charge in [0.1, 0.15) is 0 Å². The fourth-order valence-electron chi connectivity index (χ4n) is 4.92. The molecule has 4 aliphatic carbocycles. The van der Waals surface area contributed by atoms with E-state index in [1.54, 1.807) is 6.08 Å². The lowest BCUT2D eigenvalue weighted by atomic mass is 9.44. The monoisotopic (exact) mass is 288 g/mol. The molecule has 3 fully saturated rings. The van der Waals surface area contributed by atoms with Crippen LogP contribution < -0.4 is 0 Å². The maximum Gasteiger partial charge on any atom is 0.305 e. The average molecular weight is 288 g/mol. The van der Waals surface area contributed by atoms with Gasteiger partial charge < -0.3 is 4.74 Å². The number of hydrogen-bond donors (Lipinski definition) is 0. The third kappa shape index (κ3) is 2.09. The van der Waals surface area contributed by atoms with Gasteiger partial charge in [0.05, 0.1) is 7.11 Å². The smallest absolute Gasteiger partial charge is 0.305 e. The third-order valence-electron chi connectivity index (χ3n) is 6.28. The zero-order valence-electron chi connectivity index (χ0n) is 13.0. The van der Waals surface area contributed by atoms with Crippen LogP contribution in [0.1, 0.15) is 45.4 Å². The van der Waals surface area contributed by atoms with Crippen LogP contribution in [-0.2, 0) is 14.3 Å². The molecule has 0 saturated heterocycles. The second kappa shape index (κ2) is 4.82. The number of carbonyl (C=O) groups excluding carboxylic acids is 2. The van der Waals surface area contributed by atoms with Crippen LogP contribution in [0.5, 0.6) is 0 Å². The van der Waals surface area contributed by atoms with Crippen molar-refractivity contribution in [1.82, 2.24) is 0 Å². The van der Waals surface area contributed by atoms with Crippen molar-refractivity contribution >= 4 is 11.8 Å². The van der Waals surface area contributed by atoms with Crippen LogP contribution in [-0.4, -0.2) is 18.9 Å². The third-order valence-corrected chi connectivity index (χ3v) is 6.28. The normalized spacial score (nSPS) is 41.0. The molecule has 3 saturated carbocycles. The van der Waals surface area contributed by atoms with Gasteiger partial charge in [-0.1, -0.05) is 25.2 Å². The number of ether oxygens (including phenoxy) is 1. The summed E-state index contributed by atoms with van der Waals surface area (Å²) in [5.41, 5.74) is 1.03. The lowest BCUT2D eigenvalue weighted by Gasteiger charge is -2.59. The topological polar surface area (TPSA) is 43.4 Å². The summed E-state index contributed by atoms with van der Waals surface area (Å²) in [5.74, 6) is 0.864. The van der Waals surface area contributed by atoms with Crippen LogP contribution in [0.3, 0.4) is 0 Å². The molecule has 1 spiro atoms. The van der Waals surface area contributed by atoms with E-state index in [9.17, 15) is 9.59 Å². The van der Waals surface area contributed by atoms with Crippen LogP contribution in [0.25, 0.3) is 0 Å². The number of allylic oxidation sites excluding steroid dienone is 3. The molecule has 0 aromatic rings. The zero-order chi connectivity index (χ0) is 15.3. The number of rotatable bonds is 3. The molecule has 3 heteroatoms. The largest absolute Gasteiger partial charge is 0.469 e. The van der Waals surface area contributed by atoms with Crippen molar-refractivity contribution < 1.29 is 14.3 Å². The van der Waals surface area contributed by atoms with E-state index in [2.05, 4.69) is 19.6 Å². The molecule has 0 aromatic heterocycles. The quantitative estimate of drug-likeness (QED) is 0.590. The van der Waals surface area contributed by atoms with Gasteiger partial charge in [-0.25, -0.2) is 0 Å². The van der Waals surface area contributed by atoms with E-state index in [0.717, 1.165) is 19.3 Å². The Morgan fingerprint density at radius 2 is 2.29 bits per heavy atom. The second-order valence-corrected chi connectivity index (χ2v) is 7.28. The standard InChI is InChI=1S/C18H24O3/c1-12-11-18-8-4-13(12)10-14(18)17(2,15(19)5-9-18)7-6-16(20)21-3/h5,9,13-14H,1,4,6-8,10-11H2,2-3H3/t13-,14?,17-,18+/m0/s1. The first kappa shape index (κ1) is 14.6. The van der Waals surface area contributed by atoms with E-state index in [1.165, 1.54) is 19.1 Å². The lowest BCUT2D eigenvalue weighted by molar-refractivity contribution is -0.144. The molecule has 0 radical (unpaired) electrons. The van der Waals surface area contributed by atoms with Gasteiger partial charge in [-0.15, -0.1) is 0 Å². The van der Waals surface area contributed by atoms with Crippen LogP contribution in [0.15, 0.2) is 24.3 Å². The molecule has 1 unspecified atom stereocenters. The summed E-state index contributed by atoms with van der Waals surface area (Å²) in [6.45, 7) is 6.30. The van der Waals surface area contributed by atoms with Gasteiger partial charge in [0.15, 0.2) is 5.78 Å². The molecule has 3 nitrogen and oxygen atoms in total. The number of hydrogen-bond acceptors (Lipinski definition) is 3. The number of carbonyl (C=O) groups is 2. The molecule has 0 aliphatic heterocycles. The molecular formula is C18H24O3. The molecular weight excluding hydrogens is 264 g/mol. The van der Waals surface area contributed by atoms with E-state index >= 15 is 0 Å². The van der Waals surface area contributed by atoms with Crippen LogP contribution in [0.4, 0.5) is 0 Å². The highest BCUT2D eigenvalue weighted by Gasteiger charge is 2.58. The molecule has 4 aliphatic rings. The lowest BCUT2D eigenvalue weighted by Crippen LogP contribution is -2.54. The van der Waals surface area contributed by atoms with Crippen LogP contribution >= 0.6 is 0 Å². The highest BCUT2D eigenvalue weighted by Crippen LogP contribution is 2.64. The molecule has 114 valence electrons. The average Bonchev–Trinajstić information content (AvgIpc) is 2.49. The summed E-state index contributed by atoms with van der Waals surface area (Å²) in [5, 5.41) is 0. The molecule has 0 aromatic carbocycles. The van der Waals surface area contributed by atoms with Crippen molar-refractivity contribution in [2.24, 2.45) is 22.7 Å². The minimum atomic E-state index is -0.428. The second-order valence-electron chi connectivity index (χ2n) is 7.28. The first-order valence-electron chi connectivity index (χ1n) is 7.89. The molecule has 0 N–H and O–H groups in total. The van der Waals surface area contributed by atoms with E-state index in [-0.39, 0.29) is 17.2 Å². The molecule has 21 heavy (non-hydrogen) atoms. The number of ketones is 1. The number of esters is 1. The molecule has 4 atom stereocenters. The van der Waals surface area contributed by atoms with Crippen molar-refractivity contribution in [1.29, 1.82) is 0 Å². The van der Waals surface area contributed by atoms with Crippen molar-refractivity contribution in [2.75, 3.05) is 7.11 Å². The maximum atomic E-state index is 12.6. The number of methoxy groups -OCH3 is 1. The van der Waals surface area contributed by atoms with Gasteiger partial charge in [0.25, 0.3) is 0 Å². The van der Waals surface area contributed by atoms with Gasteiger partial charge in [-0.05, 0) is 55.4 Å². The first-order chi connectivity index (χ1) is 9.91. The van der Waals surface area contributed by atoms with E-state index < -0.39 is 5.41 Å². The fourth-order valence-corrected chi connectivity index (χ4v) is 4.92. The van der Waals surface area contributed by atoms with Crippen molar-refractivity contribution in [2.45, 2.75) is 45.4 Å². The summed E-state index contributed by atoms with van der Waals surface area (Å²) in [6, 6.07) is 0. The summed E-state index contributed by atoms with van der Waals surface area (Å²) < 4.78 is 4.75. The van der Waals surface area contributed by atoms with Gasteiger partial charge >= 0.3 is 5.97 Å². The Balaban J connectivity index is 1.91. The Morgan fingerprint density at radius 3 is 2.95 bits per heavy atom. The van der Waals surface area contributed by atoms with Crippen LogP contribution in [0, 0.1) is 22.7 Å². The first-order valence-corrected chi connectivity index (χ1v) is 7.89. The summed E-state index contributed by atoms with van der Waals surface area (Å²) >= 11 is 0. The Labute approximate surface area is 126 Å². The van der Waals surface area contributed by atoms with Gasteiger partial charge in [-0.2, -0.15) is 0 Å². The minimum absolute atomic E-state index is 0.102. The number of fused-ring (bicyclic) bond motifs is 2. The Hall–Kier alpha value is -1.38. The van der Waals surface area contributed by atoms with E-state index in [1.807, 2.05) is 0 Å². The van der Waals surface area contributed by atoms with Crippen LogP contribution in [0.2, 0.25) is 0 Å². The summed E-state index contributed by atoms with van der Waals surface area (Å²) in [6.07, 6.45) is 9.25. The Kier molecular flexibility index (Phi) is 3.34. The fraction of sp³-hybridized carbons (Fsp3) is 0.667. The predicted molar refractivity (Wildman–Crippen MR) is 80.5 cm³/mol. The van der Waals surface area contributed by atoms with Crippen molar-refractivity contribution in [3.05, 3.63) is 24.3 Å². The minimum Gasteiger partial charge on any atom is -0.469 e. The van der Waals surface area contributed by atoms with Crippen molar-refractivity contribution in [3.63, 3.8) is 0 Å². The van der Waals surface area contributed by atoms with E-state index in [4.69, 9.17) is 4.74 Å². The maximum absolute atomic E-state index is 12.6. The molecule has 0 heterocycles. The zero-order valence-corrected chi connectivity index (χ0v) is 13.0. The molecule has 0 amide bonds. The van der Waals surface area contributed by atoms with Crippen molar-refractivity contribution in [3.8, 4) is 0 Å². The summed E-state index contributed by atoms with van der Waals surface area (Å²) in [4.78, 5) is 24.1. The van der Waals surface area contributed by atoms with Gasteiger partial charge in [0, 0.05) is 11.8 Å². The predicted octanol–water partition coefficient (Wildman–Crippen LogP) is 3.45. The Morgan fingerprint density at radius 1 is 1.52 bits per heavy atom.